The van der Waals surface area contributed by atoms with Crippen molar-refractivity contribution < 1.29 is 4.79 Å². The Labute approximate surface area is 115 Å². The molecule has 4 heteroatoms. The molecular weight excluding hydrogens is 238 g/mol. The van der Waals surface area contributed by atoms with Gasteiger partial charge < -0.3 is 15.1 Å². The van der Waals surface area contributed by atoms with Crippen molar-refractivity contribution in [2.45, 2.75) is 13.3 Å². The first-order valence-electron chi connectivity index (χ1n) is 6.91. The molecule has 0 bridgehead atoms. The van der Waals surface area contributed by atoms with Gasteiger partial charge in [-0.25, -0.2) is 0 Å². The van der Waals surface area contributed by atoms with Gasteiger partial charge in [0.15, 0.2) is 0 Å². The summed E-state index contributed by atoms with van der Waals surface area (Å²) in [5.74, 6) is 0.101. The van der Waals surface area contributed by atoms with E-state index in [1.54, 1.807) is 0 Å². The third-order valence-electron chi connectivity index (χ3n) is 3.55. The average molecular weight is 261 g/mol. The van der Waals surface area contributed by atoms with Crippen LogP contribution in [-0.2, 0) is 4.79 Å². The lowest BCUT2D eigenvalue weighted by Gasteiger charge is -2.32. The molecule has 1 aliphatic rings. The third-order valence-corrected chi connectivity index (χ3v) is 3.55. The van der Waals surface area contributed by atoms with Crippen molar-refractivity contribution in [3.05, 3.63) is 29.8 Å². The predicted molar refractivity (Wildman–Crippen MR) is 78.4 cm³/mol. The summed E-state index contributed by atoms with van der Waals surface area (Å²) >= 11 is 0. The Kier molecular flexibility index (Phi) is 4.93. The molecule has 1 amide bonds. The van der Waals surface area contributed by atoms with Crippen LogP contribution in [-0.4, -0.2) is 55.5 Å². The molecule has 1 saturated heterocycles. The van der Waals surface area contributed by atoms with Gasteiger partial charge >= 0.3 is 0 Å². The van der Waals surface area contributed by atoms with E-state index in [0.717, 1.165) is 44.0 Å². The van der Waals surface area contributed by atoms with Gasteiger partial charge in [0.2, 0.25) is 5.91 Å². The van der Waals surface area contributed by atoms with Crippen LogP contribution < -0.4 is 5.32 Å². The molecule has 0 spiro atoms. The Balaban J connectivity index is 1.73. The maximum Gasteiger partial charge on any atom is 0.225 e. The summed E-state index contributed by atoms with van der Waals surface area (Å²) in [5.41, 5.74) is 2.06. The zero-order chi connectivity index (χ0) is 13.7. The standard InChI is InChI=1S/C15H23N3O/c1-13-4-3-5-14(12-13)16-15(19)6-7-18-10-8-17(2)9-11-18/h3-5,12H,6-11H2,1-2H3,(H,16,19). The quantitative estimate of drug-likeness (QED) is 0.893. The van der Waals surface area contributed by atoms with Crippen molar-refractivity contribution >= 4 is 11.6 Å². The van der Waals surface area contributed by atoms with E-state index in [2.05, 4.69) is 22.2 Å². The zero-order valence-electron chi connectivity index (χ0n) is 11.9. The van der Waals surface area contributed by atoms with Crippen molar-refractivity contribution in [2.75, 3.05) is 45.1 Å². The molecule has 2 rings (SSSR count). The Morgan fingerprint density at radius 1 is 1.26 bits per heavy atom. The normalized spacial score (nSPS) is 17.4. The van der Waals surface area contributed by atoms with Crippen LogP contribution in [0.3, 0.4) is 0 Å². The first kappa shape index (κ1) is 14.0. The van der Waals surface area contributed by atoms with Gasteiger partial charge in [-0.15, -0.1) is 0 Å². The van der Waals surface area contributed by atoms with Crippen LogP contribution in [0.1, 0.15) is 12.0 Å². The summed E-state index contributed by atoms with van der Waals surface area (Å²) < 4.78 is 0. The van der Waals surface area contributed by atoms with Gasteiger partial charge in [-0.2, -0.15) is 0 Å². The number of aryl methyl sites for hydroxylation is 1. The number of hydrogen-bond acceptors (Lipinski definition) is 3. The number of benzene rings is 1. The Hall–Kier alpha value is -1.39. The van der Waals surface area contributed by atoms with E-state index in [1.807, 2.05) is 31.2 Å². The van der Waals surface area contributed by atoms with Crippen LogP contribution in [0.2, 0.25) is 0 Å². The fraction of sp³-hybridized carbons (Fsp3) is 0.533. The fourth-order valence-corrected chi connectivity index (χ4v) is 2.28. The molecule has 4 nitrogen and oxygen atoms in total. The maximum atomic E-state index is 11.9. The van der Waals surface area contributed by atoms with Crippen molar-refractivity contribution in [2.24, 2.45) is 0 Å². The van der Waals surface area contributed by atoms with Crippen LogP contribution in [0.5, 0.6) is 0 Å². The van der Waals surface area contributed by atoms with E-state index in [0.29, 0.717) is 6.42 Å². The summed E-state index contributed by atoms with van der Waals surface area (Å²) in [5, 5.41) is 2.96. The van der Waals surface area contributed by atoms with Crippen LogP contribution in [0.4, 0.5) is 5.69 Å². The molecule has 1 N–H and O–H groups in total. The van der Waals surface area contributed by atoms with Crippen LogP contribution in [0.15, 0.2) is 24.3 Å². The van der Waals surface area contributed by atoms with Gasteiger partial charge in [0.05, 0.1) is 0 Å². The first-order valence-corrected chi connectivity index (χ1v) is 6.91. The summed E-state index contributed by atoms with van der Waals surface area (Å²) in [6.45, 7) is 7.20. The van der Waals surface area contributed by atoms with Crippen molar-refractivity contribution in [1.82, 2.24) is 9.80 Å². The van der Waals surface area contributed by atoms with E-state index in [-0.39, 0.29) is 5.91 Å². The van der Waals surface area contributed by atoms with Gasteiger partial charge in [-0.05, 0) is 31.7 Å². The number of carbonyl (C=O) groups excluding carboxylic acids is 1. The molecule has 0 atom stereocenters. The topological polar surface area (TPSA) is 35.6 Å². The van der Waals surface area contributed by atoms with Crippen LogP contribution in [0, 0.1) is 6.92 Å². The SMILES string of the molecule is Cc1cccc(NC(=O)CCN2CCN(C)CC2)c1. The number of hydrogen-bond donors (Lipinski definition) is 1. The number of carbonyl (C=O) groups is 1. The molecule has 1 aromatic rings. The van der Waals surface area contributed by atoms with Gasteiger partial charge in [0, 0.05) is 44.8 Å². The molecule has 0 aliphatic carbocycles. The molecule has 0 aromatic heterocycles. The number of piperazine rings is 1. The van der Waals surface area contributed by atoms with E-state index >= 15 is 0 Å². The number of amides is 1. The Morgan fingerprint density at radius 2 is 2.00 bits per heavy atom. The molecule has 0 unspecified atom stereocenters. The molecule has 1 aliphatic heterocycles. The molecule has 19 heavy (non-hydrogen) atoms. The van der Waals surface area contributed by atoms with Crippen LogP contribution in [0.25, 0.3) is 0 Å². The summed E-state index contributed by atoms with van der Waals surface area (Å²) in [4.78, 5) is 16.6. The van der Waals surface area contributed by atoms with E-state index < -0.39 is 0 Å². The highest BCUT2D eigenvalue weighted by atomic mass is 16.1. The zero-order valence-corrected chi connectivity index (χ0v) is 11.9. The highest BCUT2D eigenvalue weighted by Gasteiger charge is 2.14. The molecule has 1 aromatic carbocycles. The second-order valence-corrected chi connectivity index (χ2v) is 5.31. The number of nitrogens with one attached hydrogen (secondary N) is 1. The highest BCUT2D eigenvalue weighted by Crippen LogP contribution is 2.10. The average Bonchev–Trinajstić information content (AvgIpc) is 2.38. The number of rotatable bonds is 4. The molecule has 0 saturated carbocycles. The second-order valence-electron chi connectivity index (χ2n) is 5.31. The fourth-order valence-electron chi connectivity index (χ4n) is 2.28. The van der Waals surface area contributed by atoms with E-state index in [4.69, 9.17) is 0 Å². The van der Waals surface area contributed by atoms with E-state index in [1.165, 1.54) is 0 Å². The van der Waals surface area contributed by atoms with Gasteiger partial charge in [-0.1, -0.05) is 12.1 Å². The van der Waals surface area contributed by atoms with Gasteiger partial charge in [0.25, 0.3) is 0 Å². The molecule has 104 valence electrons. The van der Waals surface area contributed by atoms with Crippen LogP contribution >= 0.6 is 0 Å². The van der Waals surface area contributed by atoms with Gasteiger partial charge in [-0.3, -0.25) is 4.79 Å². The van der Waals surface area contributed by atoms with Crippen molar-refractivity contribution in [3.8, 4) is 0 Å². The molecular formula is C15H23N3O. The maximum absolute atomic E-state index is 11.9. The monoisotopic (exact) mass is 261 g/mol. The Bertz CT molecular complexity index is 425. The third kappa shape index (κ3) is 4.65. The van der Waals surface area contributed by atoms with E-state index in [9.17, 15) is 4.79 Å². The lowest BCUT2D eigenvalue weighted by atomic mass is 10.2. The minimum absolute atomic E-state index is 0.101. The number of anilines is 1. The predicted octanol–water partition coefficient (Wildman–Crippen LogP) is 1.57. The first-order chi connectivity index (χ1) is 9.13. The highest BCUT2D eigenvalue weighted by molar-refractivity contribution is 5.90. The minimum atomic E-state index is 0.101. The summed E-state index contributed by atoms with van der Waals surface area (Å²) in [6, 6.07) is 7.92. The van der Waals surface area contributed by atoms with Crippen molar-refractivity contribution in [1.29, 1.82) is 0 Å². The lowest BCUT2D eigenvalue weighted by Crippen LogP contribution is -2.45. The largest absolute Gasteiger partial charge is 0.326 e. The number of likely N-dealkylation sites (N-methyl/N-ethyl adjacent to an activating group) is 1. The second kappa shape index (κ2) is 6.68. The lowest BCUT2D eigenvalue weighted by molar-refractivity contribution is -0.116. The molecule has 0 radical (unpaired) electrons. The van der Waals surface area contributed by atoms with Crippen molar-refractivity contribution in [3.63, 3.8) is 0 Å². The molecule has 1 fully saturated rings. The Morgan fingerprint density at radius 3 is 2.68 bits per heavy atom. The minimum Gasteiger partial charge on any atom is -0.326 e. The summed E-state index contributed by atoms with van der Waals surface area (Å²) in [7, 11) is 2.14. The smallest absolute Gasteiger partial charge is 0.225 e. The summed E-state index contributed by atoms with van der Waals surface area (Å²) in [6.07, 6.45) is 0.567. The van der Waals surface area contributed by atoms with Gasteiger partial charge in [0.1, 0.15) is 0 Å². The molecule has 1 heterocycles. The number of nitrogens with zero attached hydrogens (tertiary/aromatic N) is 2.